The molecular weight excluding hydrogens is 416 g/mol. The van der Waals surface area contributed by atoms with Crippen LogP contribution in [0.2, 0.25) is 0 Å². The molecule has 6 rings (SSSR count). The summed E-state index contributed by atoms with van der Waals surface area (Å²) in [4.78, 5) is 18.2. The van der Waals surface area contributed by atoms with E-state index in [2.05, 4.69) is 35.3 Å². The SMILES string of the molecule is O=c1/c(=C/c2ccc(OCc3ccc4ccccc4c3)cc2)sc2nc3ccccc3n12. The molecule has 0 fully saturated rings. The van der Waals surface area contributed by atoms with Crippen LogP contribution in [0.4, 0.5) is 0 Å². The third-order valence-electron chi connectivity index (χ3n) is 5.54. The fourth-order valence-electron chi connectivity index (χ4n) is 3.92. The van der Waals surface area contributed by atoms with E-state index < -0.39 is 0 Å². The molecule has 0 aliphatic rings. The minimum atomic E-state index is -0.0321. The van der Waals surface area contributed by atoms with E-state index in [0.717, 1.165) is 32.9 Å². The average molecular weight is 435 g/mol. The van der Waals surface area contributed by atoms with Gasteiger partial charge in [-0.05, 0) is 58.3 Å². The summed E-state index contributed by atoms with van der Waals surface area (Å²) in [7, 11) is 0. The molecule has 2 aromatic heterocycles. The maximum absolute atomic E-state index is 12.9. The molecule has 0 aliphatic heterocycles. The van der Waals surface area contributed by atoms with Crippen molar-refractivity contribution >= 4 is 44.2 Å². The molecular formula is C27H18N2O2S. The van der Waals surface area contributed by atoms with Crippen LogP contribution in [0.25, 0.3) is 32.8 Å². The highest BCUT2D eigenvalue weighted by Crippen LogP contribution is 2.19. The molecule has 4 aromatic carbocycles. The van der Waals surface area contributed by atoms with Crippen molar-refractivity contribution < 1.29 is 4.74 Å². The number of imidazole rings is 1. The van der Waals surface area contributed by atoms with Crippen molar-refractivity contribution in [2.24, 2.45) is 0 Å². The average Bonchev–Trinajstić information content (AvgIpc) is 3.34. The van der Waals surface area contributed by atoms with Gasteiger partial charge in [0.15, 0.2) is 4.96 Å². The third-order valence-corrected chi connectivity index (χ3v) is 6.51. The molecule has 0 saturated carbocycles. The molecule has 0 saturated heterocycles. The van der Waals surface area contributed by atoms with Gasteiger partial charge in [-0.2, -0.15) is 0 Å². The van der Waals surface area contributed by atoms with Gasteiger partial charge in [0, 0.05) is 0 Å². The molecule has 0 bridgehead atoms. The van der Waals surface area contributed by atoms with Crippen LogP contribution in [-0.2, 0) is 6.61 Å². The summed E-state index contributed by atoms with van der Waals surface area (Å²) in [6.07, 6.45) is 1.91. The van der Waals surface area contributed by atoms with Crippen molar-refractivity contribution in [2.45, 2.75) is 6.61 Å². The second kappa shape index (κ2) is 7.62. The lowest BCUT2D eigenvalue weighted by atomic mass is 10.1. The predicted molar refractivity (Wildman–Crippen MR) is 130 cm³/mol. The monoisotopic (exact) mass is 434 g/mol. The standard InChI is InChI=1S/C27H18N2O2S/c30-26-25(32-27-28-23-7-3-4-8-24(23)29(26)27)16-18-10-13-22(14-11-18)31-17-19-9-12-20-5-1-2-6-21(20)15-19/h1-16H,17H2/b25-16-. The zero-order valence-corrected chi connectivity index (χ0v) is 17.9. The van der Waals surface area contributed by atoms with Crippen molar-refractivity contribution in [3.8, 4) is 5.75 Å². The summed E-state index contributed by atoms with van der Waals surface area (Å²) < 4.78 is 8.32. The normalized spacial score (nSPS) is 12.2. The van der Waals surface area contributed by atoms with Gasteiger partial charge in [-0.25, -0.2) is 9.38 Å². The molecule has 32 heavy (non-hydrogen) atoms. The lowest BCUT2D eigenvalue weighted by Gasteiger charge is -2.07. The molecule has 6 aromatic rings. The molecule has 0 aliphatic carbocycles. The first-order valence-electron chi connectivity index (χ1n) is 10.4. The number of rotatable bonds is 4. The molecule has 0 amide bonds. The van der Waals surface area contributed by atoms with E-state index in [9.17, 15) is 4.79 Å². The second-order valence-electron chi connectivity index (χ2n) is 7.67. The van der Waals surface area contributed by atoms with E-state index in [1.165, 1.54) is 22.1 Å². The van der Waals surface area contributed by atoms with Gasteiger partial charge < -0.3 is 4.74 Å². The minimum absolute atomic E-state index is 0.0321. The number of hydrogen-bond acceptors (Lipinski definition) is 4. The number of para-hydroxylation sites is 2. The van der Waals surface area contributed by atoms with E-state index in [-0.39, 0.29) is 5.56 Å². The first-order valence-corrected chi connectivity index (χ1v) is 11.2. The highest BCUT2D eigenvalue weighted by Gasteiger charge is 2.10. The Bertz CT molecular complexity index is 1700. The van der Waals surface area contributed by atoms with Crippen LogP contribution in [0.1, 0.15) is 11.1 Å². The molecule has 0 atom stereocenters. The zero-order valence-electron chi connectivity index (χ0n) is 17.1. The Balaban J connectivity index is 1.24. The Kier molecular flexibility index (Phi) is 4.47. The summed E-state index contributed by atoms with van der Waals surface area (Å²) >= 11 is 1.41. The number of ether oxygens (including phenoxy) is 1. The number of hydrogen-bond donors (Lipinski definition) is 0. The van der Waals surface area contributed by atoms with Gasteiger partial charge in [-0.3, -0.25) is 4.79 Å². The van der Waals surface area contributed by atoms with Crippen LogP contribution in [0.3, 0.4) is 0 Å². The van der Waals surface area contributed by atoms with Crippen molar-refractivity contribution in [3.05, 3.63) is 117 Å². The van der Waals surface area contributed by atoms with E-state index in [1.54, 1.807) is 4.40 Å². The van der Waals surface area contributed by atoms with Crippen LogP contribution >= 0.6 is 11.3 Å². The van der Waals surface area contributed by atoms with Gasteiger partial charge >= 0.3 is 0 Å². The smallest absolute Gasteiger partial charge is 0.274 e. The Morgan fingerprint density at radius 3 is 2.53 bits per heavy atom. The summed E-state index contributed by atoms with van der Waals surface area (Å²) in [5.41, 5.74) is 3.74. The summed E-state index contributed by atoms with van der Waals surface area (Å²) in [6, 6.07) is 30.2. The van der Waals surface area contributed by atoms with E-state index >= 15 is 0 Å². The summed E-state index contributed by atoms with van der Waals surface area (Å²) in [5.74, 6) is 0.796. The quantitative estimate of drug-likeness (QED) is 0.384. The van der Waals surface area contributed by atoms with Crippen LogP contribution in [0, 0.1) is 0 Å². The first kappa shape index (κ1) is 18.8. The number of benzene rings is 4. The van der Waals surface area contributed by atoms with E-state index in [0.29, 0.717) is 11.1 Å². The maximum atomic E-state index is 12.9. The zero-order chi connectivity index (χ0) is 21.5. The molecule has 0 radical (unpaired) electrons. The Morgan fingerprint density at radius 2 is 1.66 bits per heavy atom. The van der Waals surface area contributed by atoms with Gasteiger partial charge in [-0.1, -0.05) is 72.0 Å². The van der Waals surface area contributed by atoms with E-state index in [4.69, 9.17) is 4.74 Å². The maximum Gasteiger partial charge on any atom is 0.274 e. The number of thiazole rings is 1. The van der Waals surface area contributed by atoms with Crippen LogP contribution in [-0.4, -0.2) is 9.38 Å². The second-order valence-corrected chi connectivity index (χ2v) is 8.68. The van der Waals surface area contributed by atoms with Crippen LogP contribution in [0.15, 0.2) is 95.8 Å². The number of fused-ring (bicyclic) bond motifs is 4. The lowest BCUT2D eigenvalue weighted by Crippen LogP contribution is -2.22. The van der Waals surface area contributed by atoms with Crippen molar-refractivity contribution in [3.63, 3.8) is 0 Å². The van der Waals surface area contributed by atoms with Crippen LogP contribution in [0.5, 0.6) is 5.75 Å². The van der Waals surface area contributed by atoms with Crippen molar-refractivity contribution in [1.82, 2.24) is 9.38 Å². The van der Waals surface area contributed by atoms with Crippen molar-refractivity contribution in [1.29, 1.82) is 0 Å². The van der Waals surface area contributed by atoms with Gasteiger partial charge in [0.2, 0.25) is 0 Å². The minimum Gasteiger partial charge on any atom is -0.489 e. The van der Waals surface area contributed by atoms with Gasteiger partial charge in [0.25, 0.3) is 5.56 Å². The van der Waals surface area contributed by atoms with Gasteiger partial charge in [-0.15, -0.1) is 0 Å². The number of nitrogens with zero attached hydrogens (tertiary/aromatic N) is 2. The van der Waals surface area contributed by atoms with E-state index in [1.807, 2.05) is 66.7 Å². The molecule has 0 unspecified atom stereocenters. The van der Waals surface area contributed by atoms with Gasteiger partial charge in [0.05, 0.1) is 15.6 Å². The van der Waals surface area contributed by atoms with Crippen LogP contribution < -0.4 is 14.8 Å². The summed E-state index contributed by atoms with van der Waals surface area (Å²) in [5, 5.41) is 2.44. The number of aromatic nitrogens is 2. The predicted octanol–water partition coefficient (Wildman–Crippen LogP) is 5.19. The largest absolute Gasteiger partial charge is 0.489 e. The molecule has 0 spiro atoms. The molecule has 154 valence electrons. The first-order chi connectivity index (χ1) is 15.7. The topological polar surface area (TPSA) is 43.6 Å². The van der Waals surface area contributed by atoms with Crippen molar-refractivity contribution in [2.75, 3.05) is 0 Å². The summed E-state index contributed by atoms with van der Waals surface area (Å²) in [6.45, 7) is 0.508. The van der Waals surface area contributed by atoms with Gasteiger partial charge in [0.1, 0.15) is 12.4 Å². The fraction of sp³-hybridized carbons (Fsp3) is 0.0370. The Labute approximate surface area is 187 Å². The lowest BCUT2D eigenvalue weighted by molar-refractivity contribution is 0.306. The Hall–Kier alpha value is -3.96. The Morgan fingerprint density at radius 1 is 0.875 bits per heavy atom. The molecule has 2 heterocycles. The molecule has 5 heteroatoms. The third kappa shape index (κ3) is 3.33. The molecule has 4 nitrogen and oxygen atoms in total. The highest BCUT2D eigenvalue weighted by atomic mass is 32.1. The molecule has 0 N–H and O–H groups in total. The fourth-order valence-corrected chi connectivity index (χ4v) is 4.91. The highest BCUT2D eigenvalue weighted by molar-refractivity contribution is 7.15.